The third kappa shape index (κ3) is 4.04. The van der Waals surface area contributed by atoms with E-state index >= 15 is 0 Å². The van der Waals surface area contributed by atoms with Crippen LogP contribution in [0.15, 0.2) is 47.4 Å². The molecule has 2 aromatic carbocycles. The third-order valence-electron chi connectivity index (χ3n) is 4.27. The molecule has 0 bridgehead atoms. The highest BCUT2D eigenvalue weighted by Gasteiger charge is 2.20. The van der Waals surface area contributed by atoms with Crippen molar-refractivity contribution >= 4 is 21.4 Å². The second-order valence-corrected chi connectivity index (χ2v) is 7.67. The second kappa shape index (κ2) is 7.31. The summed E-state index contributed by atoms with van der Waals surface area (Å²) in [5.41, 5.74) is 0.968. The lowest BCUT2D eigenvalue weighted by atomic mass is 10.1. The van der Waals surface area contributed by atoms with Crippen molar-refractivity contribution in [1.82, 2.24) is 0 Å². The van der Waals surface area contributed by atoms with Crippen molar-refractivity contribution in [2.45, 2.75) is 24.2 Å². The minimum Gasteiger partial charge on any atom is -0.497 e. The molecule has 2 aromatic rings. The van der Waals surface area contributed by atoms with E-state index in [1.165, 1.54) is 31.4 Å². The van der Waals surface area contributed by atoms with Crippen LogP contribution in [0.25, 0.3) is 0 Å². The van der Waals surface area contributed by atoms with E-state index in [1.54, 1.807) is 18.2 Å². The SMILES string of the molecule is COc1ccc(S(=O)(=O)Nc2cc(F)ccc2N2CCCCC2)cc1. The van der Waals surface area contributed by atoms with Crippen LogP contribution in [0, 0.1) is 5.82 Å². The van der Waals surface area contributed by atoms with E-state index in [2.05, 4.69) is 9.62 Å². The summed E-state index contributed by atoms with van der Waals surface area (Å²) in [4.78, 5) is 2.19. The largest absolute Gasteiger partial charge is 0.497 e. The first-order chi connectivity index (χ1) is 12.0. The van der Waals surface area contributed by atoms with E-state index in [0.717, 1.165) is 32.4 Å². The number of halogens is 1. The van der Waals surface area contributed by atoms with E-state index in [9.17, 15) is 12.8 Å². The summed E-state index contributed by atoms with van der Waals surface area (Å²) in [6.45, 7) is 1.67. The molecular weight excluding hydrogens is 343 g/mol. The molecule has 0 atom stereocenters. The lowest BCUT2D eigenvalue weighted by Crippen LogP contribution is -2.30. The van der Waals surface area contributed by atoms with Crippen molar-refractivity contribution in [2.24, 2.45) is 0 Å². The van der Waals surface area contributed by atoms with Crippen molar-refractivity contribution in [3.05, 3.63) is 48.3 Å². The summed E-state index contributed by atoms with van der Waals surface area (Å²) in [7, 11) is -2.30. The molecule has 7 heteroatoms. The Morgan fingerprint density at radius 3 is 2.36 bits per heavy atom. The van der Waals surface area contributed by atoms with E-state index in [4.69, 9.17) is 4.74 Å². The average molecular weight is 364 g/mol. The van der Waals surface area contributed by atoms with Crippen molar-refractivity contribution in [1.29, 1.82) is 0 Å². The molecule has 0 aromatic heterocycles. The molecule has 0 aliphatic carbocycles. The molecule has 1 aliphatic rings. The summed E-state index contributed by atoms with van der Waals surface area (Å²) in [6.07, 6.45) is 3.24. The zero-order chi connectivity index (χ0) is 17.9. The topological polar surface area (TPSA) is 58.6 Å². The Labute approximate surface area is 147 Å². The number of ether oxygens (including phenoxy) is 1. The van der Waals surface area contributed by atoms with Crippen molar-refractivity contribution in [3.8, 4) is 5.75 Å². The number of sulfonamides is 1. The predicted octanol–water partition coefficient (Wildman–Crippen LogP) is 3.63. The summed E-state index contributed by atoms with van der Waals surface area (Å²) in [5, 5.41) is 0. The Morgan fingerprint density at radius 1 is 1.04 bits per heavy atom. The number of nitrogens with zero attached hydrogens (tertiary/aromatic N) is 1. The maximum atomic E-state index is 13.7. The van der Waals surface area contributed by atoms with Crippen LogP contribution in [-0.2, 0) is 10.0 Å². The Hall–Kier alpha value is -2.28. The zero-order valence-corrected chi connectivity index (χ0v) is 14.9. The molecule has 0 saturated carbocycles. The van der Waals surface area contributed by atoms with Gasteiger partial charge in [0.05, 0.1) is 23.4 Å². The third-order valence-corrected chi connectivity index (χ3v) is 5.65. The Balaban J connectivity index is 1.91. The number of nitrogens with one attached hydrogen (secondary N) is 1. The van der Waals surface area contributed by atoms with Gasteiger partial charge in [0, 0.05) is 19.2 Å². The lowest BCUT2D eigenvalue weighted by molar-refractivity contribution is 0.414. The standard InChI is InChI=1S/C18H21FN2O3S/c1-24-15-6-8-16(9-7-15)25(22,23)20-17-13-14(19)5-10-18(17)21-11-3-2-4-12-21/h5-10,13,20H,2-4,11-12H2,1H3. The van der Waals surface area contributed by atoms with Gasteiger partial charge in [-0.3, -0.25) is 4.72 Å². The molecule has 1 fully saturated rings. The normalized spacial score (nSPS) is 15.0. The molecule has 1 saturated heterocycles. The van der Waals surface area contributed by atoms with Gasteiger partial charge in [-0.1, -0.05) is 0 Å². The van der Waals surface area contributed by atoms with Gasteiger partial charge in [0.25, 0.3) is 10.0 Å². The number of methoxy groups -OCH3 is 1. The fraction of sp³-hybridized carbons (Fsp3) is 0.333. The van der Waals surface area contributed by atoms with Gasteiger partial charge < -0.3 is 9.64 Å². The maximum absolute atomic E-state index is 13.7. The highest BCUT2D eigenvalue weighted by Crippen LogP contribution is 2.31. The fourth-order valence-electron chi connectivity index (χ4n) is 2.96. The molecular formula is C18H21FN2O3S. The number of hydrogen-bond acceptors (Lipinski definition) is 4. The molecule has 1 aliphatic heterocycles. The minimum atomic E-state index is -3.82. The smallest absolute Gasteiger partial charge is 0.261 e. The number of benzene rings is 2. The van der Waals surface area contributed by atoms with E-state index in [0.29, 0.717) is 11.4 Å². The first kappa shape index (κ1) is 17.5. The van der Waals surface area contributed by atoms with Crippen LogP contribution < -0.4 is 14.4 Å². The van der Waals surface area contributed by atoms with Crippen LogP contribution in [0.2, 0.25) is 0 Å². The monoisotopic (exact) mass is 364 g/mol. The van der Waals surface area contributed by atoms with Gasteiger partial charge in [-0.05, 0) is 55.7 Å². The Bertz CT molecular complexity index is 832. The number of piperidine rings is 1. The molecule has 25 heavy (non-hydrogen) atoms. The van der Waals surface area contributed by atoms with Crippen LogP contribution in [0.5, 0.6) is 5.75 Å². The Kier molecular flexibility index (Phi) is 5.13. The molecule has 134 valence electrons. The van der Waals surface area contributed by atoms with Gasteiger partial charge in [0.1, 0.15) is 11.6 Å². The second-order valence-electron chi connectivity index (χ2n) is 5.99. The fourth-order valence-corrected chi connectivity index (χ4v) is 4.02. The van der Waals surface area contributed by atoms with E-state index in [1.807, 2.05) is 0 Å². The first-order valence-corrected chi connectivity index (χ1v) is 9.69. The summed E-state index contributed by atoms with van der Waals surface area (Å²) < 4.78 is 46.6. The molecule has 1 N–H and O–H groups in total. The van der Waals surface area contributed by atoms with Crippen molar-refractivity contribution < 1.29 is 17.5 Å². The first-order valence-electron chi connectivity index (χ1n) is 8.21. The maximum Gasteiger partial charge on any atom is 0.261 e. The van der Waals surface area contributed by atoms with Crippen molar-refractivity contribution in [2.75, 3.05) is 29.8 Å². The molecule has 3 rings (SSSR count). The van der Waals surface area contributed by atoms with Crippen LogP contribution in [-0.4, -0.2) is 28.6 Å². The minimum absolute atomic E-state index is 0.0992. The summed E-state index contributed by atoms with van der Waals surface area (Å²) in [5.74, 6) is 0.0897. The molecule has 0 amide bonds. The summed E-state index contributed by atoms with van der Waals surface area (Å²) in [6, 6.07) is 10.3. The quantitative estimate of drug-likeness (QED) is 0.880. The van der Waals surface area contributed by atoms with E-state index < -0.39 is 15.8 Å². The summed E-state index contributed by atoms with van der Waals surface area (Å²) >= 11 is 0. The molecule has 0 unspecified atom stereocenters. The van der Waals surface area contributed by atoms with Crippen molar-refractivity contribution in [3.63, 3.8) is 0 Å². The predicted molar refractivity (Wildman–Crippen MR) is 96.3 cm³/mol. The number of hydrogen-bond donors (Lipinski definition) is 1. The van der Waals surface area contributed by atoms with Gasteiger partial charge in [-0.2, -0.15) is 0 Å². The van der Waals surface area contributed by atoms with Crippen LogP contribution in [0.3, 0.4) is 0 Å². The number of anilines is 2. The van der Waals surface area contributed by atoms with Gasteiger partial charge in [-0.25, -0.2) is 12.8 Å². The molecule has 0 radical (unpaired) electrons. The highest BCUT2D eigenvalue weighted by molar-refractivity contribution is 7.92. The van der Waals surface area contributed by atoms with Gasteiger partial charge in [0.2, 0.25) is 0 Å². The highest BCUT2D eigenvalue weighted by atomic mass is 32.2. The number of rotatable bonds is 5. The average Bonchev–Trinajstić information content (AvgIpc) is 2.62. The lowest BCUT2D eigenvalue weighted by Gasteiger charge is -2.30. The van der Waals surface area contributed by atoms with Crippen LogP contribution in [0.4, 0.5) is 15.8 Å². The van der Waals surface area contributed by atoms with Gasteiger partial charge >= 0.3 is 0 Å². The molecule has 5 nitrogen and oxygen atoms in total. The van der Waals surface area contributed by atoms with Gasteiger partial charge in [0.15, 0.2) is 0 Å². The Morgan fingerprint density at radius 2 is 1.72 bits per heavy atom. The zero-order valence-electron chi connectivity index (χ0n) is 14.0. The van der Waals surface area contributed by atoms with Gasteiger partial charge in [-0.15, -0.1) is 0 Å². The molecule has 0 spiro atoms. The molecule has 1 heterocycles. The van der Waals surface area contributed by atoms with Crippen LogP contribution in [0.1, 0.15) is 19.3 Å². The van der Waals surface area contributed by atoms with E-state index in [-0.39, 0.29) is 10.6 Å². The van der Waals surface area contributed by atoms with Crippen LogP contribution >= 0.6 is 0 Å².